The second-order valence-corrected chi connectivity index (χ2v) is 8.43. The number of likely N-dealkylation sites (tertiary alicyclic amines) is 1. The van der Waals surface area contributed by atoms with E-state index in [1.807, 2.05) is 24.3 Å². The number of nitrogen functional groups attached to an aromatic ring is 1. The minimum atomic E-state index is -0.310. The lowest BCUT2D eigenvalue weighted by atomic mass is 10.1. The number of hydrogen-bond acceptors (Lipinski definition) is 5. The number of carbonyl (C=O) groups excluding carboxylic acids is 1. The van der Waals surface area contributed by atoms with Gasteiger partial charge in [0.2, 0.25) is 0 Å². The Morgan fingerprint density at radius 3 is 2.88 bits per heavy atom. The standard InChI is InChI=1S/C24H26N6O2/c1-30-12-4-5-15(30)10-11-26-23(31)14-8-9-18-19(13-14)28-22(27-18)20-21(25)16-6-2-3-7-17(16)29-24(20)32/h2-3,6-9,13,15H,4-5,10-12H2,1H3,(H,26,31)(H,27,28)(H3,25,29,32). The number of fused-ring (bicyclic) bond motifs is 2. The Hall–Kier alpha value is -3.65. The molecule has 0 bridgehead atoms. The first kappa shape index (κ1) is 20.3. The number of carbonyl (C=O) groups is 1. The smallest absolute Gasteiger partial charge is 0.261 e. The molecule has 1 amide bonds. The maximum absolute atomic E-state index is 12.7. The molecule has 1 saturated heterocycles. The molecule has 2 aromatic carbocycles. The molecular weight excluding hydrogens is 404 g/mol. The van der Waals surface area contributed by atoms with Crippen molar-refractivity contribution < 1.29 is 4.79 Å². The van der Waals surface area contributed by atoms with Gasteiger partial charge in [-0.15, -0.1) is 0 Å². The molecule has 8 nitrogen and oxygen atoms in total. The van der Waals surface area contributed by atoms with Crippen LogP contribution >= 0.6 is 0 Å². The lowest BCUT2D eigenvalue weighted by molar-refractivity contribution is 0.0950. The van der Waals surface area contributed by atoms with E-state index in [0.29, 0.717) is 51.8 Å². The number of amides is 1. The fourth-order valence-electron chi connectivity index (χ4n) is 4.57. The van der Waals surface area contributed by atoms with Gasteiger partial charge < -0.3 is 25.9 Å². The van der Waals surface area contributed by atoms with E-state index in [0.717, 1.165) is 18.4 Å². The van der Waals surface area contributed by atoms with Crippen molar-refractivity contribution in [1.29, 1.82) is 0 Å². The first-order valence-electron chi connectivity index (χ1n) is 10.9. The molecule has 0 spiro atoms. The van der Waals surface area contributed by atoms with Gasteiger partial charge in [0, 0.05) is 23.5 Å². The van der Waals surface area contributed by atoms with E-state index in [1.165, 1.54) is 12.8 Å². The third kappa shape index (κ3) is 3.62. The number of benzene rings is 2. The molecule has 2 aromatic heterocycles. The predicted molar refractivity (Wildman–Crippen MR) is 127 cm³/mol. The number of H-pyrrole nitrogens is 2. The van der Waals surface area contributed by atoms with Crippen molar-refractivity contribution in [3.05, 3.63) is 58.4 Å². The highest BCUT2D eigenvalue weighted by atomic mass is 16.1. The second-order valence-electron chi connectivity index (χ2n) is 8.43. The quantitative estimate of drug-likeness (QED) is 0.388. The van der Waals surface area contributed by atoms with Crippen molar-refractivity contribution in [2.45, 2.75) is 25.3 Å². The highest BCUT2D eigenvalue weighted by Gasteiger charge is 2.21. The molecule has 5 N–H and O–H groups in total. The van der Waals surface area contributed by atoms with Crippen LogP contribution in [0.4, 0.5) is 5.69 Å². The summed E-state index contributed by atoms with van der Waals surface area (Å²) in [7, 11) is 2.14. The second kappa shape index (κ2) is 8.12. The summed E-state index contributed by atoms with van der Waals surface area (Å²) in [6.45, 7) is 1.77. The van der Waals surface area contributed by atoms with Crippen molar-refractivity contribution in [2.75, 3.05) is 25.9 Å². The Bertz CT molecular complexity index is 1370. The van der Waals surface area contributed by atoms with Gasteiger partial charge in [-0.05, 0) is 57.1 Å². The van der Waals surface area contributed by atoms with Crippen molar-refractivity contribution in [1.82, 2.24) is 25.2 Å². The lowest BCUT2D eigenvalue weighted by Gasteiger charge is -2.19. The van der Waals surface area contributed by atoms with Crippen LogP contribution in [0.2, 0.25) is 0 Å². The molecule has 164 valence electrons. The number of aromatic nitrogens is 3. The van der Waals surface area contributed by atoms with Crippen LogP contribution < -0.4 is 16.6 Å². The number of nitrogens with two attached hydrogens (primary N) is 1. The summed E-state index contributed by atoms with van der Waals surface area (Å²) in [5.41, 5.74) is 9.25. The SMILES string of the molecule is CN1CCCC1CCNC(=O)c1ccc2nc(-c3c(N)c4ccccc4[nH]c3=O)[nH]c2c1. The molecular formula is C24H26N6O2. The number of pyridine rings is 1. The van der Waals surface area contributed by atoms with Crippen LogP contribution in [0.15, 0.2) is 47.3 Å². The van der Waals surface area contributed by atoms with Gasteiger partial charge in [0.05, 0.1) is 22.2 Å². The molecule has 0 radical (unpaired) electrons. The van der Waals surface area contributed by atoms with Crippen molar-refractivity contribution in [2.24, 2.45) is 0 Å². The molecule has 4 aromatic rings. The fraction of sp³-hybridized carbons (Fsp3) is 0.292. The van der Waals surface area contributed by atoms with Gasteiger partial charge in [0.1, 0.15) is 11.4 Å². The Balaban J connectivity index is 1.39. The van der Waals surface area contributed by atoms with Crippen molar-refractivity contribution >= 4 is 33.5 Å². The Kier molecular flexibility index (Phi) is 5.14. The average Bonchev–Trinajstić information content (AvgIpc) is 3.39. The first-order valence-corrected chi connectivity index (χ1v) is 10.9. The van der Waals surface area contributed by atoms with E-state index in [9.17, 15) is 9.59 Å². The number of hydrogen-bond donors (Lipinski definition) is 4. The number of nitrogens with zero attached hydrogens (tertiary/aromatic N) is 2. The summed E-state index contributed by atoms with van der Waals surface area (Å²) in [4.78, 5) is 38.2. The minimum Gasteiger partial charge on any atom is -0.397 e. The van der Waals surface area contributed by atoms with E-state index in [4.69, 9.17) is 5.73 Å². The maximum atomic E-state index is 12.7. The van der Waals surface area contributed by atoms with Crippen LogP contribution in [0, 0.1) is 0 Å². The summed E-state index contributed by atoms with van der Waals surface area (Å²) >= 11 is 0. The number of para-hydroxylation sites is 1. The van der Waals surface area contributed by atoms with E-state index in [1.54, 1.807) is 18.2 Å². The molecule has 0 aliphatic carbocycles. The number of imidazole rings is 1. The zero-order valence-corrected chi connectivity index (χ0v) is 17.9. The number of anilines is 1. The molecule has 0 saturated carbocycles. The molecule has 1 aliphatic heterocycles. The van der Waals surface area contributed by atoms with E-state index >= 15 is 0 Å². The number of aromatic amines is 2. The molecule has 1 atom stereocenters. The summed E-state index contributed by atoms with van der Waals surface area (Å²) in [5, 5.41) is 3.77. The normalized spacial score (nSPS) is 16.7. The fourth-order valence-corrected chi connectivity index (χ4v) is 4.57. The summed E-state index contributed by atoms with van der Waals surface area (Å²) in [6.07, 6.45) is 3.35. The highest BCUT2D eigenvalue weighted by Crippen LogP contribution is 2.28. The van der Waals surface area contributed by atoms with Gasteiger partial charge in [-0.1, -0.05) is 18.2 Å². The first-order chi connectivity index (χ1) is 15.5. The lowest BCUT2D eigenvalue weighted by Crippen LogP contribution is -2.31. The van der Waals surface area contributed by atoms with E-state index in [-0.39, 0.29) is 11.5 Å². The summed E-state index contributed by atoms with van der Waals surface area (Å²) < 4.78 is 0. The Morgan fingerprint density at radius 2 is 2.06 bits per heavy atom. The minimum absolute atomic E-state index is 0.119. The van der Waals surface area contributed by atoms with Gasteiger partial charge in [-0.3, -0.25) is 9.59 Å². The molecule has 5 rings (SSSR count). The van der Waals surface area contributed by atoms with Gasteiger partial charge >= 0.3 is 0 Å². The monoisotopic (exact) mass is 430 g/mol. The highest BCUT2D eigenvalue weighted by molar-refractivity contribution is 5.99. The Morgan fingerprint density at radius 1 is 1.22 bits per heavy atom. The van der Waals surface area contributed by atoms with Crippen LogP contribution in [-0.4, -0.2) is 51.9 Å². The van der Waals surface area contributed by atoms with Gasteiger partial charge in [-0.25, -0.2) is 4.98 Å². The average molecular weight is 431 g/mol. The molecule has 32 heavy (non-hydrogen) atoms. The topological polar surface area (TPSA) is 120 Å². The maximum Gasteiger partial charge on any atom is 0.261 e. The van der Waals surface area contributed by atoms with Crippen molar-refractivity contribution in [3.63, 3.8) is 0 Å². The van der Waals surface area contributed by atoms with Gasteiger partial charge in [0.25, 0.3) is 11.5 Å². The molecule has 3 heterocycles. The number of rotatable bonds is 5. The van der Waals surface area contributed by atoms with Crippen LogP contribution in [0.3, 0.4) is 0 Å². The van der Waals surface area contributed by atoms with E-state index in [2.05, 4.69) is 32.2 Å². The third-order valence-electron chi connectivity index (χ3n) is 6.38. The zero-order valence-electron chi connectivity index (χ0n) is 17.9. The van der Waals surface area contributed by atoms with Crippen LogP contribution in [0.5, 0.6) is 0 Å². The van der Waals surface area contributed by atoms with Crippen LogP contribution in [0.25, 0.3) is 33.3 Å². The zero-order chi connectivity index (χ0) is 22.2. The predicted octanol–water partition coefficient (Wildman–Crippen LogP) is 2.87. The van der Waals surface area contributed by atoms with Crippen molar-refractivity contribution in [3.8, 4) is 11.4 Å². The Labute approximate surface area is 184 Å². The van der Waals surface area contributed by atoms with Crippen LogP contribution in [0.1, 0.15) is 29.6 Å². The molecule has 1 unspecified atom stereocenters. The third-order valence-corrected chi connectivity index (χ3v) is 6.38. The molecule has 8 heteroatoms. The van der Waals surface area contributed by atoms with Gasteiger partial charge in [0.15, 0.2) is 0 Å². The molecule has 1 fully saturated rings. The van der Waals surface area contributed by atoms with Gasteiger partial charge in [-0.2, -0.15) is 0 Å². The summed E-state index contributed by atoms with van der Waals surface area (Å²) in [6, 6.07) is 13.2. The molecule has 1 aliphatic rings. The van der Waals surface area contributed by atoms with E-state index < -0.39 is 0 Å². The summed E-state index contributed by atoms with van der Waals surface area (Å²) in [5.74, 6) is 0.262. The number of nitrogens with one attached hydrogen (secondary N) is 3. The van der Waals surface area contributed by atoms with Crippen LogP contribution in [-0.2, 0) is 0 Å². The largest absolute Gasteiger partial charge is 0.397 e.